The Balaban J connectivity index is 1.78. The highest BCUT2D eigenvalue weighted by atomic mass is 35.5. The number of hydrogen-bond acceptors (Lipinski definition) is 7. The summed E-state index contributed by atoms with van der Waals surface area (Å²) in [5.41, 5.74) is -0.427. The molecular weight excluding hydrogens is 408 g/mol. The second-order valence-electron chi connectivity index (χ2n) is 6.75. The summed E-state index contributed by atoms with van der Waals surface area (Å²) in [7, 11) is 0. The van der Waals surface area contributed by atoms with Crippen molar-refractivity contribution in [3.8, 4) is 0 Å². The van der Waals surface area contributed by atoms with Crippen molar-refractivity contribution in [3.63, 3.8) is 0 Å². The number of hydroxylamine groups is 2. The molecule has 0 fully saturated rings. The van der Waals surface area contributed by atoms with Crippen molar-refractivity contribution in [1.29, 1.82) is 0 Å². The van der Waals surface area contributed by atoms with Crippen LogP contribution in [0.2, 0.25) is 4.34 Å². The average molecular weight is 423 g/mol. The smallest absolute Gasteiger partial charge is 0.412 e. The Labute approximate surface area is 168 Å². The third-order valence-electron chi connectivity index (χ3n) is 3.45. The van der Waals surface area contributed by atoms with Crippen LogP contribution in [0.1, 0.15) is 51.2 Å². The lowest BCUT2D eigenvalue weighted by atomic mass is 10.1. The monoisotopic (exact) mass is 422 g/mol. The lowest BCUT2D eigenvalue weighted by Gasteiger charge is -2.19. The van der Waals surface area contributed by atoms with Gasteiger partial charge in [-0.05, 0) is 39.0 Å². The summed E-state index contributed by atoms with van der Waals surface area (Å²) in [4.78, 5) is 54.0. The molecule has 0 saturated heterocycles. The van der Waals surface area contributed by atoms with E-state index in [0.717, 1.165) is 11.3 Å². The fraction of sp³-hybridized carbons (Fsp3) is 0.222. The number of thiophene rings is 1. The zero-order valence-electron chi connectivity index (χ0n) is 15.1. The third kappa shape index (κ3) is 4.00. The van der Waals surface area contributed by atoms with Crippen LogP contribution < -0.4 is 5.32 Å². The molecule has 3 amide bonds. The van der Waals surface area contributed by atoms with Crippen molar-refractivity contribution in [2.45, 2.75) is 26.4 Å². The molecule has 1 N–H and O–H groups in total. The molecule has 0 saturated carbocycles. The van der Waals surface area contributed by atoms with Gasteiger partial charge in [0.05, 0.1) is 21.2 Å². The van der Waals surface area contributed by atoms with Crippen LogP contribution >= 0.6 is 22.9 Å². The molecule has 1 aromatic carbocycles. The standard InChI is InChI=1S/C18H15ClN2O6S/c1-18(2,3)26-17(25)20-11-8-12(19)28-13(11)16(24)27-21-14(22)9-6-4-5-7-10(9)15(21)23/h4-8H,1-3H3,(H,20,25). The number of ether oxygens (including phenoxy) is 1. The molecule has 146 valence electrons. The molecule has 2 aromatic rings. The van der Waals surface area contributed by atoms with Crippen molar-refractivity contribution >= 4 is 52.5 Å². The fourth-order valence-electron chi connectivity index (χ4n) is 2.39. The van der Waals surface area contributed by atoms with Crippen LogP contribution in [0, 0.1) is 0 Å². The number of carbonyl (C=O) groups is 4. The van der Waals surface area contributed by atoms with Gasteiger partial charge in [-0.1, -0.05) is 28.8 Å². The zero-order valence-corrected chi connectivity index (χ0v) is 16.6. The van der Waals surface area contributed by atoms with Crippen LogP contribution in [0.25, 0.3) is 0 Å². The van der Waals surface area contributed by atoms with Crippen LogP contribution in [-0.4, -0.2) is 34.5 Å². The summed E-state index contributed by atoms with van der Waals surface area (Å²) in [6.45, 7) is 5.06. The maximum absolute atomic E-state index is 12.5. The van der Waals surface area contributed by atoms with Gasteiger partial charge < -0.3 is 9.57 Å². The second kappa shape index (κ2) is 7.25. The van der Waals surface area contributed by atoms with E-state index in [9.17, 15) is 19.2 Å². The lowest BCUT2D eigenvalue weighted by molar-refractivity contribution is -0.0580. The maximum Gasteiger partial charge on any atom is 0.412 e. The Kier molecular flexibility index (Phi) is 5.14. The molecule has 1 aromatic heterocycles. The van der Waals surface area contributed by atoms with E-state index in [-0.39, 0.29) is 26.0 Å². The largest absolute Gasteiger partial charge is 0.444 e. The van der Waals surface area contributed by atoms with Gasteiger partial charge in [0.1, 0.15) is 10.5 Å². The van der Waals surface area contributed by atoms with E-state index in [1.807, 2.05) is 0 Å². The molecule has 10 heteroatoms. The summed E-state index contributed by atoms with van der Waals surface area (Å²) in [6.07, 6.45) is -0.795. The Morgan fingerprint density at radius 3 is 2.21 bits per heavy atom. The molecule has 2 heterocycles. The molecule has 28 heavy (non-hydrogen) atoms. The minimum atomic E-state index is -1.02. The van der Waals surface area contributed by atoms with Gasteiger partial charge in [-0.2, -0.15) is 0 Å². The molecule has 1 aliphatic rings. The number of amides is 3. The minimum Gasteiger partial charge on any atom is -0.444 e. The number of nitrogens with one attached hydrogen (secondary N) is 1. The van der Waals surface area contributed by atoms with Gasteiger partial charge in [0, 0.05) is 0 Å². The highest BCUT2D eigenvalue weighted by molar-refractivity contribution is 7.18. The van der Waals surface area contributed by atoms with Crippen LogP contribution in [0.4, 0.5) is 10.5 Å². The molecule has 0 radical (unpaired) electrons. The first kappa shape index (κ1) is 19.8. The number of rotatable bonds is 3. The average Bonchev–Trinajstić information content (AvgIpc) is 3.06. The summed E-state index contributed by atoms with van der Waals surface area (Å²) in [6, 6.07) is 7.45. The highest BCUT2D eigenvalue weighted by Gasteiger charge is 2.39. The molecule has 0 atom stereocenters. The second-order valence-corrected chi connectivity index (χ2v) is 8.43. The van der Waals surface area contributed by atoms with E-state index in [1.54, 1.807) is 32.9 Å². The number of anilines is 1. The predicted octanol–water partition coefficient (Wildman–Crippen LogP) is 4.12. The Hall–Kier alpha value is -2.91. The van der Waals surface area contributed by atoms with Crippen molar-refractivity contribution in [3.05, 3.63) is 50.7 Å². The molecule has 8 nitrogen and oxygen atoms in total. The summed E-state index contributed by atoms with van der Waals surface area (Å²) < 4.78 is 5.33. The molecule has 0 spiro atoms. The van der Waals surface area contributed by atoms with Gasteiger partial charge in [-0.3, -0.25) is 14.9 Å². The quantitative estimate of drug-likeness (QED) is 0.746. The van der Waals surface area contributed by atoms with E-state index in [1.165, 1.54) is 18.2 Å². The lowest BCUT2D eigenvalue weighted by Crippen LogP contribution is -2.33. The predicted molar refractivity (Wildman–Crippen MR) is 102 cm³/mol. The van der Waals surface area contributed by atoms with Crippen molar-refractivity contribution < 1.29 is 28.8 Å². The molecule has 0 unspecified atom stereocenters. The van der Waals surface area contributed by atoms with Crippen LogP contribution in [-0.2, 0) is 9.57 Å². The van der Waals surface area contributed by atoms with E-state index in [4.69, 9.17) is 21.2 Å². The number of fused-ring (bicyclic) bond motifs is 1. The van der Waals surface area contributed by atoms with Crippen molar-refractivity contribution in [2.24, 2.45) is 0 Å². The van der Waals surface area contributed by atoms with Gasteiger partial charge in [0.2, 0.25) is 0 Å². The number of carbonyl (C=O) groups excluding carboxylic acids is 4. The number of benzene rings is 1. The summed E-state index contributed by atoms with van der Waals surface area (Å²) in [5.74, 6) is -2.52. The molecule has 0 bridgehead atoms. The van der Waals surface area contributed by atoms with E-state index in [0.29, 0.717) is 5.06 Å². The van der Waals surface area contributed by atoms with Crippen LogP contribution in [0.5, 0.6) is 0 Å². The number of imide groups is 1. The molecule has 3 rings (SSSR count). The van der Waals surface area contributed by atoms with Crippen LogP contribution in [0.15, 0.2) is 30.3 Å². The van der Waals surface area contributed by atoms with Gasteiger partial charge in [-0.15, -0.1) is 11.3 Å². The third-order valence-corrected chi connectivity index (χ3v) is 4.70. The van der Waals surface area contributed by atoms with Gasteiger partial charge in [0.25, 0.3) is 11.8 Å². The number of nitrogens with zero attached hydrogens (tertiary/aromatic N) is 1. The van der Waals surface area contributed by atoms with Gasteiger partial charge in [-0.25, -0.2) is 9.59 Å². The van der Waals surface area contributed by atoms with E-state index in [2.05, 4.69) is 5.32 Å². The van der Waals surface area contributed by atoms with E-state index < -0.39 is 29.5 Å². The summed E-state index contributed by atoms with van der Waals surface area (Å²) >= 11 is 6.77. The van der Waals surface area contributed by atoms with Gasteiger partial charge in [0.15, 0.2) is 0 Å². The minimum absolute atomic E-state index is 0.0471. The van der Waals surface area contributed by atoms with Crippen molar-refractivity contribution in [2.75, 3.05) is 5.32 Å². The normalized spacial score (nSPS) is 13.4. The topological polar surface area (TPSA) is 102 Å². The Bertz CT molecular complexity index is 959. The highest BCUT2D eigenvalue weighted by Crippen LogP contribution is 2.33. The first-order chi connectivity index (χ1) is 13.1. The van der Waals surface area contributed by atoms with Crippen LogP contribution in [0.3, 0.4) is 0 Å². The van der Waals surface area contributed by atoms with E-state index >= 15 is 0 Å². The first-order valence-corrected chi connectivity index (χ1v) is 9.26. The first-order valence-electron chi connectivity index (χ1n) is 8.06. The fourth-order valence-corrected chi connectivity index (χ4v) is 3.45. The Morgan fingerprint density at radius 1 is 1.11 bits per heavy atom. The van der Waals surface area contributed by atoms with Crippen molar-refractivity contribution in [1.82, 2.24) is 5.06 Å². The SMILES string of the molecule is CC(C)(C)OC(=O)Nc1cc(Cl)sc1C(=O)ON1C(=O)c2ccccc2C1=O. The Morgan fingerprint density at radius 2 is 1.68 bits per heavy atom. The molecular formula is C18H15ClN2O6S. The maximum atomic E-state index is 12.5. The number of halogens is 1. The molecule has 1 aliphatic heterocycles. The summed E-state index contributed by atoms with van der Waals surface area (Å²) in [5, 5.41) is 2.80. The van der Waals surface area contributed by atoms with Gasteiger partial charge >= 0.3 is 12.1 Å². The molecule has 0 aliphatic carbocycles. The number of hydrogen-bond donors (Lipinski definition) is 1. The zero-order chi connectivity index (χ0) is 20.6.